The summed E-state index contributed by atoms with van der Waals surface area (Å²) in [5.74, 6) is -1.32. The quantitative estimate of drug-likeness (QED) is 0.482. The summed E-state index contributed by atoms with van der Waals surface area (Å²) in [4.78, 5) is 16.8. The summed E-state index contributed by atoms with van der Waals surface area (Å²) < 4.78 is 41.0. The molecule has 11 heteroatoms. The van der Waals surface area contributed by atoms with Gasteiger partial charge in [-0.1, -0.05) is 11.8 Å². The maximum atomic E-state index is 12.8. The van der Waals surface area contributed by atoms with Gasteiger partial charge in [0.15, 0.2) is 16.1 Å². The number of rotatable bonds is 5. The monoisotopic (exact) mass is 401 g/mol. The molecule has 3 heterocycles. The lowest BCUT2D eigenvalue weighted by Gasteiger charge is -2.06. The molecular weight excluding hydrogens is 387 g/mol. The number of carbonyl (C=O) groups is 1. The third-order valence-corrected chi connectivity index (χ3v) is 5.54. The fourth-order valence-corrected chi connectivity index (χ4v) is 4.11. The van der Waals surface area contributed by atoms with Crippen LogP contribution in [0.4, 0.5) is 13.2 Å². The molecule has 0 bridgehead atoms. The van der Waals surface area contributed by atoms with E-state index >= 15 is 0 Å². The molecule has 0 unspecified atom stereocenters. The first-order valence-corrected chi connectivity index (χ1v) is 9.28. The lowest BCUT2D eigenvalue weighted by Crippen LogP contribution is -2.13. The molecule has 0 saturated carbocycles. The van der Waals surface area contributed by atoms with Gasteiger partial charge in [0.1, 0.15) is 0 Å². The van der Waals surface area contributed by atoms with E-state index in [9.17, 15) is 18.0 Å². The fourth-order valence-electron chi connectivity index (χ4n) is 2.56. The number of Topliss-reactive ketones (excluding diaryl/α,β-unsaturated/α-hetero) is 1. The van der Waals surface area contributed by atoms with Crippen LogP contribution in [-0.4, -0.2) is 35.9 Å². The molecule has 0 radical (unpaired) electrons. The molecule has 6 nitrogen and oxygen atoms in total. The zero-order valence-corrected chi connectivity index (χ0v) is 15.7. The number of ketones is 1. The Bertz CT molecular complexity index is 944. The number of aryl methyl sites for hydroxylation is 1. The van der Waals surface area contributed by atoms with Crippen LogP contribution in [-0.2, 0) is 13.2 Å². The molecule has 0 atom stereocenters. The summed E-state index contributed by atoms with van der Waals surface area (Å²) in [5, 5.41) is 9.32. The number of nitrogens with zero attached hydrogens (tertiary/aromatic N) is 5. The highest BCUT2D eigenvalue weighted by molar-refractivity contribution is 7.99. The molecule has 0 aromatic carbocycles. The number of thioether (sulfide) groups is 1. The van der Waals surface area contributed by atoms with Crippen molar-refractivity contribution < 1.29 is 18.0 Å². The summed E-state index contributed by atoms with van der Waals surface area (Å²) >= 11 is 2.38. The number of hydrogen-bond donors (Lipinski definition) is 0. The van der Waals surface area contributed by atoms with Crippen LogP contribution in [0.2, 0.25) is 0 Å². The van der Waals surface area contributed by atoms with Gasteiger partial charge in [-0.3, -0.25) is 9.36 Å². The minimum Gasteiger partial charge on any atom is -0.302 e. The molecule has 0 aliphatic heterocycles. The number of alkyl halides is 3. The van der Waals surface area contributed by atoms with Gasteiger partial charge in [0, 0.05) is 35.6 Å². The summed E-state index contributed by atoms with van der Waals surface area (Å²) in [6.07, 6.45) is -2.90. The minimum atomic E-state index is -4.58. The van der Waals surface area contributed by atoms with Gasteiger partial charge in [0.25, 0.3) is 0 Å². The molecule has 0 aliphatic carbocycles. The highest BCUT2D eigenvalue weighted by Crippen LogP contribution is 2.30. The molecule has 0 saturated heterocycles. The first-order chi connectivity index (χ1) is 12.2. The van der Waals surface area contributed by atoms with Crippen molar-refractivity contribution in [2.75, 3.05) is 5.75 Å². The van der Waals surface area contributed by atoms with Crippen LogP contribution in [0.15, 0.2) is 22.8 Å². The van der Waals surface area contributed by atoms with Crippen LogP contribution in [0.3, 0.4) is 0 Å². The zero-order valence-electron chi connectivity index (χ0n) is 14.0. The van der Waals surface area contributed by atoms with Crippen LogP contribution >= 0.6 is 23.1 Å². The van der Waals surface area contributed by atoms with E-state index in [2.05, 4.69) is 15.2 Å². The largest absolute Gasteiger partial charge is 0.451 e. The van der Waals surface area contributed by atoms with Gasteiger partial charge in [-0.05, 0) is 19.9 Å². The number of carbonyl (C=O) groups excluding carboxylic acids is 1. The van der Waals surface area contributed by atoms with Crippen molar-refractivity contribution in [3.63, 3.8) is 0 Å². The molecule has 3 aromatic rings. The Morgan fingerprint density at radius 1 is 1.31 bits per heavy atom. The molecule has 0 N–H and O–H groups in total. The molecular formula is C15H14F3N5OS2. The molecule has 0 spiro atoms. The Hall–Kier alpha value is -2.14. The third-order valence-electron chi connectivity index (χ3n) is 3.76. The first-order valence-electron chi connectivity index (χ1n) is 7.41. The van der Waals surface area contributed by atoms with Crippen LogP contribution < -0.4 is 0 Å². The Morgan fingerprint density at radius 2 is 2.04 bits per heavy atom. The Kier molecular flexibility index (Phi) is 4.93. The van der Waals surface area contributed by atoms with Gasteiger partial charge < -0.3 is 4.57 Å². The highest BCUT2D eigenvalue weighted by atomic mass is 32.2. The van der Waals surface area contributed by atoms with Crippen LogP contribution in [0.25, 0.3) is 5.13 Å². The van der Waals surface area contributed by atoms with Crippen molar-refractivity contribution in [1.82, 2.24) is 24.3 Å². The Labute approximate surface area is 155 Å². The van der Waals surface area contributed by atoms with Crippen molar-refractivity contribution in [3.05, 3.63) is 40.4 Å². The molecule has 138 valence electrons. The summed E-state index contributed by atoms with van der Waals surface area (Å²) in [5.41, 5.74) is 2.13. The van der Waals surface area contributed by atoms with E-state index in [-0.39, 0.29) is 16.7 Å². The van der Waals surface area contributed by atoms with Crippen LogP contribution in [0, 0.1) is 13.8 Å². The number of thiazole rings is 1. The van der Waals surface area contributed by atoms with Gasteiger partial charge in [-0.15, -0.1) is 21.5 Å². The molecule has 3 aromatic heterocycles. The molecule has 0 fully saturated rings. The van der Waals surface area contributed by atoms with Gasteiger partial charge in [-0.25, -0.2) is 4.98 Å². The summed E-state index contributed by atoms with van der Waals surface area (Å²) in [6, 6.07) is 1.76. The van der Waals surface area contributed by atoms with Crippen molar-refractivity contribution in [2.24, 2.45) is 7.05 Å². The van der Waals surface area contributed by atoms with Crippen molar-refractivity contribution in [2.45, 2.75) is 25.2 Å². The van der Waals surface area contributed by atoms with E-state index in [1.165, 1.54) is 18.4 Å². The van der Waals surface area contributed by atoms with Crippen LogP contribution in [0.5, 0.6) is 0 Å². The normalized spacial score (nSPS) is 11.9. The van der Waals surface area contributed by atoms with Gasteiger partial charge >= 0.3 is 6.18 Å². The highest BCUT2D eigenvalue weighted by Gasteiger charge is 2.37. The predicted molar refractivity (Wildman–Crippen MR) is 92.0 cm³/mol. The Balaban J connectivity index is 1.78. The minimum absolute atomic E-state index is 0.0357. The van der Waals surface area contributed by atoms with E-state index in [1.54, 1.807) is 12.3 Å². The maximum absolute atomic E-state index is 12.8. The molecule has 0 aliphatic rings. The average molecular weight is 401 g/mol. The molecule has 3 rings (SSSR count). The standard InChI is InChI=1S/C15H14F3N5OS2/c1-8-6-10(9(2)23(8)13-19-4-5-25-13)11(24)7-26-14-21-20-12(22(14)3)15(16,17)18/h4-6H,7H2,1-3H3. The van der Waals surface area contributed by atoms with Crippen molar-refractivity contribution >= 4 is 28.9 Å². The van der Waals surface area contributed by atoms with Gasteiger partial charge in [-0.2, -0.15) is 13.2 Å². The van der Waals surface area contributed by atoms with Crippen molar-refractivity contribution in [1.29, 1.82) is 0 Å². The summed E-state index contributed by atoms with van der Waals surface area (Å²) in [7, 11) is 1.23. The smallest absolute Gasteiger partial charge is 0.302 e. The first kappa shape index (κ1) is 18.6. The van der Waals surface area contributed by atoms with Crippen LogP contribution in [0.1, 0.15) is 27.6 Å². The van der Waals surface area contributed by atoms with Crippen molar-refractivity contribution in [3.8, 4) is 5.13 Å². The van der Waals surface area contributed by atoms with Gasteiger partial charge in [0.2, 0.25) is 5.82 Å². The lowest BCUT2D eigenvalue weighted by molar-refractivity contribution is -0.147. The average Bonchev–Trinajstić information content (AvgIpc) is 3.25. The van der Waals surface area contributed by atoms with E-state index in [1.807, 2.05) is 23.8 Å². The zero-order chi connectivity index (χ0) is 19.1. The topological polar surface area (TPSA) is 65.6 Å². The number of halogens is 3. The van der Waals surface area contributed by atoms with E-state index in [0.29, 0.717) is 5.56 Å². The third kappa shape index (κ3) is 3.40. The number of aromatic nitrogens is 5. The van der Waals surface area contributed by atoms with E-state index < -0.39 is 12.0 Å². The molecule has 26 heavy (non-hydrogen) atoms. The van der Waals surface area contributed by atoms with E-state index in [4.69, 9.17) is 0 Å². The summed E-state index contributed by atoms with van der Waals surface area (Å²) in [6.45, 7) is 3.69. The second kappa shape index (κ2) is 6.88. The Morgan fingerprint density at radius 3 is 2.62 bits per heavy atom. The predicted octanol–water partition coefficient (Wildman–Crippen LogP) is 3.67. The van der Waals surface area contributed by atoms with Gasteiger partial charge in [0.05, 0.1) is 5.75 Å². The second-order valence-corrected chi connectivity index (χ2v) is 7.33. The number of hydrogen-bond acceptors (Lipinski definition) is 6. The second-order valence-electron chi connectivity index (χ2n) is 5.51. The maximum Gasteiger partial charge on any atom is 0.451 e. The fraction of sp³-hybridized carbons (Fsp3) is 0.333. The molecule has 0 amide bonds. The SMILES string of the molecule is Cc1cc(C(=O)CSc2nnc(C(F)(F)F)n2C)c(C)n1-c1nccs1. The lowest BCUT2D eigenvalue weighted by atomic mass is 10.2. The van der Waals surface area contributed by atoms with E-state index in [0.717, 1.165) is 32.8 Å².